The summed E-state index contributed by atoms with van der Waals surface area (Å²) in [4.78, 5) is 24.4. The second-order valence-electron chi connectivity index (χ2n) is 6.48. The van der Waals surface area contributed by atoms with Gasteiger partial charge in [-0.25, -0.2) is 9.18 Å². The van der Waals surface area contributed by atoms with Crippen molar-refractivity contribution in [2.45, 2.75) is 12.6 Å². The van der Waals surface area contributed by atoms with Crippen molar-refractivity contribution in [1.29, 1.82) is 0 Å². The third kappa shape index (κ3) is 6.17. The summed E-state index contributed by atoms with van der Waals surface area (Å²) in [5.41, 5.74) is 2.67. The molecule has 3 rings (SSSR count). The van der Waals surface area contributed by atoms with Gasteiger partial charge in [0.15, 0.2) is 0 Å². The van der Waals surface area contributed by atoms with Crippen molar-refractivity contribution in [1.82, 2.24) is 16.0 Å². The molecule has 29 heavy (non-hydrogen) atoms. The van der Waals surface area contributed by atoms with Crippen LogP contribution in [0.3, 0.4) is 0 Å². The fourth-order valence-corrected chi connectivity index (χ4v) is 2.87. The SMILES string of the molecule is O=C(CNC(=O)NCc1ccc(F)cc1)NC(c1ccccc1)c1ccccc1. The van der Waals surface area contributed by atoms with Gasteiger partial charge in [0, 0.05) is 6.54 Å². The Kier molecular flexibility index (Phi) is 6.95. The maximum absolute atomic E-state index is 12.9. The molecule has 0 unspecified atom stereocenters. The number of urea groups is 1. The minimum absolute atomic E-state index is 0.161. The van der Waals surface area contributed by atoms with Gasteiger partial charge in [-0.3, -0.25) is 4.79 Å². The van der Waals surface area contributed by atoms with Crippen molar-refractivity contribution in [3.05, 3.63) is 107 Å². The van der Waals surface area contributed by atoms with Gasteiger partial charge in [0.1, 0.15) is 5.82 Å². The number of rotatable bonds is 7. The Morgan fingerprint density at radius 2 is 1.31 bits per heavy atom. The smallest absolute Gasteiger partial charge is 0.315 e. The monoisotopic (exact) mass is 391 g/mol. The first-order valence-corrected chi connectivity index (χ1v) is 9.27. The summed E-state index contributed by atoms with van der Waals surface area (Å²) >= 11 is 0. The standard InChI is InChI=1S/C23H22FN3O2/c24-20-13-11-17(12-14-20)15-25-23(29)26-16-21(28)27-22(18-7-3-1-4-8-18)19-9-5-2-6-10-19/h1-14,22H,15-16H2,(H,27,28)(H2,25,26,29). The van der Waals surface area contributed by atoms with Crippen LogP contribution in [0.1, 0.15) is 22.7 Å². The number of carbonyl (C=O) groups excluding carboxylic acids is 2. The van der Waals surface area contributed by atoms with Crippen molar-refractivity contribution in [3.8, 4) is 0 Å². The molecule has 0 aliphatic carbocycles. The van der Waals surface area contributed by atoms with Crippen LogP contribution in [0.25, 0.3) is 0 Å². The molecule has 0 radical (unpaired) electrons. The van der Waals surface area contributed by atoms with Crippen molar-refractivity contribution >= 4 is 11.9 Å². The molecule has 5 nitrogen and oxygen atoms in total. The number of benzene rings is 3. The Morgan fingerprint density at radius 3 is 1.86 bits per heavy atom. The Balaban J connectivity index is 1.53. The molecule has 0 aliphatic rings. The number of carbonyl (C=O) groups is 2. The highest BCUT2D eigenvalue weighted by molar-refractivity contribution is 5.84. The maximum atomic E-state index is 12.9. The van der Waals surface area contributed by atoms with Crippen LogP contribution in [0.4, 0.5) is 9.18 Å². The van der Waals surface area contributed by atoms with E-state index in [1.807, 2.05) is 60.7 Å². The summed E-state index contributed by atoms with van der Waals surface area (Å²) in [7, 11) is 0. The van der Waals surface area contributed by atoms with Crippen molar-refractivity contribution < 1.29 is 14.0 Å². The summed E-state index contributed by atoms with van der Waals surface area (Å²) in [6.45, 7) is 0.0792. The molecule has 3 amide bonds. The first-order valence-electron chi connectivity index (χ1n) is 9.27. The zero-order valence-electron chi connectivity index (χ0n) is 15.8. The van der Waals surface area contributed by atoms with E-state index in [9.17, 15) is 14.0 Å². The van der Waals surface area contributed by atoms with Gasteiger partial charge >= 0.3 is 6.03 Å². The van der Waals surface area contributed by atoms with Crippen LogP contribution in [-0.2, 0) is 11.3 Å². The van der Waals surface area contributed by atoms with E-state index in [1.165, 1.54) is 12.1 Å². The van der Waals surface area contributed by atoms with E-state index in [0.717, 1.165) is 16.7 Å². The van der Waals surface area contributed by atoms with Gasteiger partial charge in [0.25, 0.3) is 0 Å². The van der Waals surface area contributed by atoms with Crippen molar-refractivity contribution in [2.75, 3.05) is 6.54 Å². The van der Waals surface area contributed by atoms with E-state index in [4.69, 9.17) is 0 Å². The predicted octanol–water partition coefficient (Wildman–Crippen LogP) is 3.53. The molecule has 0 saturated heterocycles. The number of nitrogens with one attached hydrogen (secondary N) is 3. The molecule has 3 aromatic rings. The molecule has 148 valence electrons. The van der Waals surface area contributed by atoms with Gasteiger partial charge < -0.3 is 16.0 Å². The number of hydrogen-bond donors (Lipinski definition) is 3. The minimum atomic E-state index is -0.472. The lowest BCUT2D eigenvalue weighted by Gasteiger charge is -2.20. The second-order valence-corrected chi connectivity index (χ2v) is 6.48. The van der Waals surface area contributed by atoms with Crippen LogP contribution in [0.2, 0.25) is 0 Å². The molecule has 3 N–H and O–H groups in total. The first kappa shape index (κ1) is 20.1. The van der Waals surface area contributed by atoms with Gasteiger partial charge in [-0.1, -0.05) is 72.8 Å². The Bertz CT molecular complexity index is 892. The fourth-order valence-electron chi connectivity index (χ4n) is 2.87. The summed E-state index contributed by atoms with van der Waals surface area (Å²) in [5, 5.41) is 8.14. The van der Waals surface area contributed by atoms with E-state index >= 15 is 0 Å². The van der Waals surface area contributed by atoms with E-state index in [2.05, 4.69) is 16.0 Å². The third-order valence-electron chi connectivity index (χ3n) is 4.35. The maximum Gasteiger partial charge on any atom is 0.315 e. The molecule has 0 spiro atoms. The van der Waals surface area contributed by atoms with Crippen molar-refractivity contribution in [3.63, 3.8) is 0 Å². The minimum Gasteiger partial charge on any atom is -0.344 e. The molecule has 0 atom stereocenters. The highest BCUT2D eigenvalue weighted by Crippen LogP contribution is 2.21. The highest BCUT2D eigenvalue weighted by Gasteiger charge is 2.16. The van der Waals surface area contributed by atoms with E-state index in [0.29, 0.717) is 0 Å². The number of halogens is 1. The normalized spacial score (nSPS) is 10.4. The molecule has 0 bridgehead atoms. The largest absolute Gasteiger partial charge is 0.344 e. The summed E-state index contributed by atoms with van der Waals surface area (Å²) in [5.74, 6) is -0.638. The Morgan fingerprint density at radius 1 is 0.759 bits per heavy atom. The fraction of sp³-hybridized carbons (Fsp3) is 0.130. The van der Waals surface area contributed by atoms with Crippen LogP contribution < -0.4 is 16.0 Å². The molecule has 6 heteroatoms. The molecular formula is C23H22FN3O2. The van der Waals surface area contributed by atoms with E-state index in [1.54, 1.807) is 12.1 Å². The molecule has 0 aliphatic heterocycles. The molecule has 3 aromatic carbocycles. The van der Waals surface area contributed by atoms with Gasteiger partial charge in [-0.05, 0) is 28.8 Å². The highest BCUT2D eigenvalue weighted by atomic mass is 19.1. The van der Waals surface area contributed by atoms with Gasteiger partial charge in [-0.2, -0.15) is 0 Å². The molecule has 0 fully saturated rings. The van der Waals surface area contributed by atoms with Crippen LogP contribution in [-0.4, -0.2) is 18.5 Å². The molecular weight excluding hydrogens is 369 g/mol. The van der Waals surface area contributed by atoms with Crippen LogP contribution in [0.15, 0.2) is 84.9 Å². The van der Waals surface area contributed by atoms with Crippen LogP contribution >= 0.6 is 0 Å². The zero-order chi connectivity index (χ0) is 20.5. The summed E-state index contributed by atoms with van der Waals surface area (Å²) in [6.07, 6.45) is 0. The predicted molar refractivity (Wildman–Crippen MR) is 110 cm³/mol. The molecule has 0 saturated carbocycles. The molecule has 0 aromatic heterocycles. The lowest BCUT2D eigenvalue weighted by molar-refractivity contribution is -0.120. The first-order chi connectivity index (χ1) is 14.1. The summed E-state index contributed by atoms with van der Waals surface area (Å²) < 4.78 is 12.9. The average molecular weight is 391 g/mol. The Labute approximate surface area is 169 Å². The van der Waals surface area contributed by atoms with E-state index in [-0.39, 0.29) is 30.9 Å². The summed E-state index contributed by atoms with van der Waals surface area (Å²) in [6, 6.07) is 24.3. The number of amides is 3. The quantitative estimate of drug-likeness (QED) is 0.577. The van der Waals surface area contributed by atoms with Gasteiger partial charge in [-0.15, -0.1) is 0 Å². The lowest BCUT2D eigenvalue weighted by atomic mass is 9.99. The number of hydrogen-bond acceptors (Lipinski definition) is 2. The average Bonchev–Trinajstić information content (AvgIpc) is 2.77. The molecule has 0 heterocycles. The third-order valence-corrected chi connectivity index (χ3v) is 4.35. The van der Waals surface area contributed by atoms with Gasteiger partial charge in [0.2, 0.25) is 5.91 Å². The second kappa shape index (κ2) is 10.0. The van der Waals surface area contributed by atoms with Crippen LogP contribution in [0.5, 0.6) is 0 Å². The van der Waals surface area contributed by atoms with Crippen LogP contribution in [0, 0.1) is 5.82 Å². The Hall–Kier alpha value is -3.67. The lowest BCUT2D eigenvalue weighted by Crippen LogP contribution is -2.42. The topological polar surface area (TPSA) is 70.2 Å². The zero-order valence-corrected chi connectivity index (χ0v) is 15.8. The van der Waals surface area contributed by atoms with Gasteiger partial charge in [0.05, 0.1) is 12.6 Å². The van der Waals surface area contributed by atoms with Crippen molar-refractivity contribution in [2.24, 2.45) is 0 Å². The van der Waals surface area contributed by atoms with E-state index < -0.39 is 6.03 Å².